The number of nitrogens with two attached hydrogens (primary N) is 1. The van der Waals surface area contributed by atoms with Gasteiger partial charge in [-0.05, 0) is 18.2 Å². The fraction of sp³-hybridized carbons (Fsp3) is 0.111. The van der Waals surface area contributed by atoms with Gasteiger partial charge in [-0.1, -0.05) is 5.92 Å². The highest BCUT2D eigenvalue weighted by molar-refractivity contribution is 7.99. The van der Waals surface area contributed by atoms with Gasteiger partial charge in [-0.15, -0.1) is 18.2 Å². The SMILES string of the molecule is C#CCSc1ccc(N)cc1F. The van der Waals surface area contributed by atoms with Gasteiger partial charge in [0.25, 0.3) is 0 Å². The standard InChI is InChI=1S/C9H8FNS/c1-2-5-12-9-4-3-7(11)6-8(9)10/h1,3-4,6H,5,11H2. The van der Waals surface area contributed by atoms with Gasteiger partial charge in [0, 0.05) is 10.6 Å². The van der Waals surface area contributed by atoms with Gasteiger partial charge in [0.2, 0.25) is 0 Å². The average molecular weight is 181 g/mol. The summed E-state index contributed by atoms with van der Waals surface area (Å²) in [5, 5.41) is 0. The largest absolute Gasteiger partial charge is 0.399 e. The molecule has 3 heteroatoms. The molecule has 12 heavy (non-hydrogen) atoms. The molecule has 0 aliphatic carbocycles. The Labute approximate surface area is 75.2 Å². The van der Waals surface area contributed by atoms with Gasteiger partial charge in [0.05, 0.1) is 5.75 Å². The fourth-order valence-corrected chi connectivity index (χ4v) is 1.35. The number of anilines is 1. The molecule has 0 bridgehead atoms. The molecule has 2 N–H and O–H groups in total. The first kappa shape index (κ1) is 8.95. The number of hydrogen-bond acceptors (Lipinski definition) is 2. The average Bonchev–Trinajstić information content (AvgIpc) is 2.03. The quantitative estimate of drug-likeness (QED) is 0.429. The van der Waals surface area contributed by atoms with Crippen LogP contribution in [0.5, 0.6) is 0 Å². The summed E-state index contributed by atoms with van der Waals surface area (Å²) in [5.41, 5.74) is 5.79. The molecule has 0 fully saturated rings. The highest BCUT2D eigenvalue weighted by Crippen LogP contribution is 2.22. The molecule has 0 aromatic heterocycles. The summed E-state index contributed by atoms with van der Waals surface area (Å²) in [7, 11) is 0. The van der Waals surface area contributed by atoms with Crippen LogP contribution in [0.1, 0.15) is 0 Å². The fourth-order valence-electron chi connectivity index (χ4n) is 0.754. The van der Waals surface area contributed by atoms with E-state index in [1.54, 1.807) is 12.1 Å². The van der Waals surface area contributed by atoms with E-state index in [4.69, 9.17) is 12.2 Å². The van der Waals surface area contributed by atoms with Gasteiger partial charge in [-0.2, -0.15) is 0 Å². The van der Waals surface area contributed by atoms with Crippen molar-refractivity contribution in [3.8, 4) is 12.3 Å². The Bertz CT molecular complexity index is 317. The van der Waals surface area contributed by atoms with Crippen LogP contribution in [0.3, 0.4) is 0 Å². The van der Waals surface area contributed by atoms with Crippen LogP contribution in [-0.4, -0.2) is 5.75 Å². The van der Waals surface area contributed by atoms with Crippen molar-refractivity contribution >= 4 is 17.4 Å². The van der Waals surface area contributed by atoms with Crippen molar-refractivity contribution in [1.82, 2.24) is 0 Å². The molecule has 0 amide bonds. The molecule has 0 atom stereocenters. The molecule has 0 radical (unpaired) electrons. The van der Waals surface area contributed by atoms with Crippen LogP contribution in [-0.2, 0) is 0 Å². The van der Waals surface area contributed by atoms with E-state index in [2.05, 4.69) is 5.92 Å². The second-order valence-electron chi connectivity index (χ2n) is 2.18. The molecule has 0 aliphatic heterocycles. The van der Waals surface area contributed by atoms with E-state index in [-0.39, 0.29) is 5.82 Å². The molecule has 1 aromatic carbocycles. The first-order chi connectivity index (χ1) is 5.74. The van der Waals surface area contributed by atoms with E-state index in [9.17, 15) is 4.39 Å². The van der Waals surface area contributed by atoms with Crippen LogP contribution in [0.25, 0.3) is 0 Å². The number of thioether (sulfide) groups is 1. The van der Waals surface area contributed by atoms with Crippen molar-refractivity contribution < 1.29 is 4.39 Å². The Morgan fingerprint density at radius 1 is 1.58 bits per heavy atom. The normalized spacial score (nSPS) is 9.33. The van der Waals surface area contributed by atoms with Crippen LogP contribution in [0.2, 0.25) is 0 Å². The van der Waals surface area contributed by atoms with Crippen LogP contribution < -0.4 is 5.73 Å². The summed E-state index contributed by atoms with van der Waals surface area (Å²) >= 11 is 1.29. The molecule has 0 aliphatic rings. The molecule has 0 unspecified atom stereocenters. The molecule has 62 valence electrons. The lowest BCUT2D eigenvalue weighted by Crippen LogP contribution is -1.88. The Kier molecular flexibility index (Phi) is 3.01. The molecule has 0 saturated carbocycles. The molecule has 0 heterocycles. The van der Waals surface area contributed by atoms with Crippen molar-refractivity contribution in [2.24, 2.45) is 0 Å². The number of benzene rings is 1. The second-order valence-corrected chi connectivity index (χ2v) is 3.20. The number of rotatable bonds is 2. The minimum atomic E-state index is -0.310. The van der Waals surface area contributed by atoms with Crippen LogP contribution in [0.15, 0.2) is 23.1 Å². The van der Waals surface area contributed by atoms with E-state index >= 15 is 0 Å². The number of halogens is 1. The maximum absolute atomic E-state index is 13.0. The highest BCUT2D eigenvalue weighted by atomic mass is 32.2. The lowest BCUT2D eigenvalue weighted by Gasteiger charge is -2.00. The molecule has 0 spiro atoms. The second kappa shape index (κ2) is 4.03. The van der Waals surface area contributed by atoms with Crippen LogP contribution in [0, 0.1) is 18.2 Å². The summed E-state index contributed by atoms with van der Waals surface area (Å²) < 4.78 is 13.0. The van der Waals surface area contributed by atoms with E-state index in [0.29, 0.717) is 16.3 Å². The predicted octanol–water partition coefficient (Wildman–Crippen LogP) is 2.13. The van der Waals surface area contributed by atoms with Gasteiger partial charge < -0.3 is 5.73 Å². The Hall–Kier alpha value is -1.14. The number of hydrogen-bond donors (Lipinski definition) is 1. The summed E-state index contributed by atoms with van der Waals surface area (Å²) in [6.45, 7) is 0. The van der Waals surface area contributed by atoms with Crippen molar-refractivity contribution in [2.75, 3.05) is 11.5 Å². The van der Waals surface area contributed by atoms with Crippen molar-refractivity contribution in [3.05, 3.63) is 24.0 Å². The van der Waals surface area contributed by atoms with E-state index < -0.39 is 0 Å². The molecular formula is C9H8FNS. The van der Waals surface area contributed by atoms with Gasteiger partial charge >= 0.3 is 0 Å². The third kappa shape index (κ3) is 2.18. The predicted molar refractivity (Wildman–Crippen MR) is 50.4 cm³/mol. The Balaban J connectivity index is 2.81. The minimum Gasteiger partial charge on any atom is -0.399 e. The van der Waals surface area contributed by atoms with Gasteiger partial charge in [-0.25, -0.2) is 4.39 Å². The minimum absolute atomic E-state index is 0.310. The molecule has 1 aromatic rings. The zero-order chi connectivity index (χ0) is 8.97. The maximum Gasteiger partial charge on any atom is 0.138 e. The smallest absolute Gasteiger partial charge is 0.138 e. The lowest BCUT2D eigenvalue weighted by molar-refractivity contribution is 0.603. The van der Waals surface area contributed by atoms with Gasteiger partial charge in [0.15, 0.2) is 0 Å². The summed E-state index contributed by atoms with van der Waals surface area (Å²) in [5.74, 6) is 2.59. The van der Waals surface area contributed by atoms with Crippen molar-refractivity contribution in [2.45, 2.75) is 4.90 Å². The van der Waals surface area contributed by atoms with Crippen LogP contribution in [0.4, 0.5) is 10.1 Å². The zero-order valence-electron chi connectivity index (χ0n) is 6.38. The first-order valence-corrected chi connectivity index (χ1v) is 4.34. The summed E-state index contributed by atoms with van der Waals surface area (Å²) in [4.78, 5) is 0.544. The molecule has 0 saturated heterocycles. The Morgan fingerprint density at radius 3 is 2.92 bits per heavy atom. The first-order valence-electron chi connectivity index (χ1n) is 3.35. The summed E-state index contributed by atoms with van der Waals surface area (Å²) in [6, 6.07) is 4.58. The lowest BCUT2D eigenvalue weighted by atomic mass is 10.3. The Morgan fingerprint density at radius 2 is 2.33 bits per heavy atom. The van der Waals surface area contributed by atoms with Crippen molar-refractivity contribution in [1.29, 1.82) is 0 Å². The maximum atomic E-state index is 13.0. The number of nitrogen functional groups attached to an aromatic ring is 1. The van der Waals surface area contributed by atoms with Crippen molar-refractivity contribution in [3.63, 3.8) is 0 Å². The monoisotopic (exact) mass is 181 g/mol. The summed E-state index contributed by atoms with van der Waals surface area (Å²) in [6.07, 6.45) is 5.04. The third-order valence-corrected chi connectivity index (χ3v) is 2.22. The number of terminal acetylenes is 1. The van der Waals surface area contributed by atoms with Crippen LogP contribution >= 0.6 is 11.8 Å². The highest BCUT2D eigenvalue weighted by Gasteiger charge is 2.00. The molecular weight excluding hydrogens is 173 g/mol. The topological polar surface area (TPSA) is 26.0 Å². The molecule has 1 nitrogen and oxygen atoms in total. The molecule has 1 rings (SSSR count). The van der Waals surface area contributed by atoms with Gasteiger partial charge in [0.1, 0.15) is 5.82 Å². The zero-order valence-corrected chi connectivity index (χ0v) is 7.20. The van der Waals surface area contributed by atoms with Gasteiger partial charge in [-0.3, -0.25) is 0 Å². The van der Waals surface area contributed by atoms with E-state index in [0.717, 1.165) is 0 Å². The van der Waals surface area contributed by atoms with E-state index in [1.165, 1.54) is 17.8 Å². The third-order valence-electron chi connectivity index (χ3n) is 1.27. The van der Waals surface area contributed by atoms with E-state index in [1.807, 2.05) is 0 Å².